The average Bonchev–Trinajstić information content (AvgIpc) is 2.83. The van der Waals surface area contributed by atoms with Crippen molar-refractivity contribution < 1.29 is 9.53 Å². The highest BCUT2D eigenvalue weighted by atomic mass is 32.1. The summed E-state index contributed by atoms with van der Waals surface area (Å²) in [5.74, 6) is 0.775. The summed E-state index contributed by atoms with van der Waals surface area (Å²) in [5.41, 5.74) is 0.930. The molecular formula is C15H20N4O2S. The van der Waals surface area contributed by atoms with Crippen LogP contribution in [-0.2, 0) is 0 Å². The molecule has 0 saturated carbocycles. The lowest BCUT2D eigenvalue weighted by molar-refractivity contribution is 0.236. The second kappa shape index (κ2) is 7.22. The molecule has 2 N–H and O–H groups in total. The summed E-state index contributed by atoms with van der Waals surface area (Å²) in [6.45, 7) is 7.69. The molecule has 22 heavy (non-hydrogen) atoms. The number of urea groups is 1. The van der Waals surface area contributed by atoms with E-state index in [1.165, 1.54) is 11.3 Å². The lowest BCUT2D eigenvalue weighted by Gasteiger charge is -2.19. The summed E-state index contributed by atoms with van der Waals surface area (Å²) in [5, 5.41) is 14.6. The van der Waals surface area contributed by atoms with Crippen LogP contribution in [0.25, 0.3) is 0 Å². The van der Waals surface area contributed by atoms with E-state index in [0.29, 0.717) is 5.13 Å². The van der Waals surface area contributed by atoms with Crippen LogP contribution in [0.4, 0.5) is 9.93 Å². The van der Waals surface area contributed by atoms with E-state index in [9.17, 15) is 4.79 Å². The van der Waals surface area contributed by atoms with Crippen molar-refractivity contribution >= 4 is 22.5 Å². The van der Waals surface area contributed by atoms with Crippen LogP contribution in [0.1, 0.15) is 37.4 Å². The molecule has 0 saturated heterocycles. The number of nitrogens with zero attached hydrogens (tertiary/aromatic N) is 2. The SMILES string of the molecule is Cc1nnc(NC(=O)N[C@@H](C)c2ccccc2OC(C)C)s1. The molecule has 2 rings (SSSR count). The number of benzene rings is 1. The third-order valence-electron chi connectivity index (χ3n) is 2.84. The second-order valence-corrected chi connectivity index (χ2v) is 6.33. The van der Waals surface area contributed by atoms with E-state index in [2.05, 4.69) is 20.8 Å². The van der Waals surface area contributed by atoms with Gasteiger partial charge in [0.25, 0.3) is 0 Å². The Labute approximate surface area is 133 Å². The molecule has 6 nitrogen and oxygen atoms in total. The van der Waals surface area contributed by atoms with Gasteiger partial charge in [-0.2, -0.15) is 0 Å². The quantitative estimate of drug-likeness (QED) is 0.884. The van der Waals surface area contributed by atoms with Crippen molar-refractivity contribution in [1.82, 2.24) is 15.5 Å². The Morgan fingerprint density at radius 2 is 1.95 bits per heavy atom. The zero-order valence-corrected chi connectivity index (χ0v) is 13.9. The van der Waals surface area contributed by atoms with Crippen molar-refractivity contribution in [3.05, 3.63) is 34.8 Å². The largest absolute Gasteiger partial charge is 0.491 e. The van der Waals surface area contributed by atoms with Gasteiger partial charge in [0.05, 0.1) is 12.1 Å². The fourth-order valence-corrected chi connectivity index (χ4v) is 2.54. The third-order valence-corrected chi connectivity index (χ3v) is 3.60. The van der Waals surface area contributed by atoms with E-state index in [-0.39, 0.29) is 18.2 Å². The molecule has 1 heterocycles. The van der Waals surface area contributed by atoms with Gasteiger partial charge < -0.3 is 10.1 Å². The van der Waals surface area contributed by atoms with Crippen LogP contribution in [0.3, 0.4) is 0 Å². The highest BCUT2D eigenvalue weighted by molar-refractivity contribution is 7.15. The van der Waals surface area contributed by atoms with Crippen LogP contribution >= 0.6 is 11.3 Å². The molecule has 0 fully saturated rings. The van der Waals surface area contributed by atoms with Gasteiger partial charge in [-0.05, 0) is 33.8 Å². The van der Waals surface area contributed by atoms with Crippen molar-refractivity contribution in [3.63, 3.8) is 0 Å². The maximum absolute atomic E-state index is 12.0. The molecule has 0 aliphatic rings. The minimum Gasteiger partial charge on any atom is -0.491 e. The van der Waals surface area contributed by atoms with E-state index in [4.69, 9.17) is 4.74 Å². The maximum Gasteiger partial charge on any atom is 0.321 e. The molecule has 0 unspecified atom stereocenters. The zero-order valence-electron chi connectivity index (χ0n) is 13.1. The first-order valence-corrected chi connectivity index (χ1v) is 7.90. The molecule has 1 atom stereocenters. The first-order chi connectivity index (χ1) is 10.5. The number of hydrogen-bond acceptors (Lipinski definition) is 5. The van der Waals surface area contributed by atoms with Gasteiger partial charge in [-0.15, -0.1) is 10.2 Å². The number of rotatable bonds is 5. The number of carbonyl (C=O) groups excluding carboxylic acids is 1. The van der Waals surface area contributed by atoms with Crippen molar-refractivity contribution in [1.29, 1.82) is 0 Å². The van der Waals surface area contributed by atoms with Gasteiger partial charge in [0.1, 0.15) is 10.8 Å². The van der Waals surface area contributed by atoms with Gasteiger partial charge in [-0.25, -0.2) is 4.79 Å². The third kappa shape index (κ3) is 4.42. The first kappa shape index (κ1) is 16.2. The van der Waals surface area contributed by atoms with Crippen LogP contribution in [-0.4, -0.2) is 22.3 Å². The van der Waals surface area contributed by atoms with Crippen molar-refractivity contribution in [3.8, 4) is 5.75 Å². The normalized spacial score (nSPS) is 12.0. The number of anilines is 1. The number of carbonyl (C=O) groups is 1. The molecule has 0 bridgehead atoms. The van der Waals surface area contributed by atoms with Crippen molar-refractivity contribution in [2.45, 2.75) is 39.8 Å². The summed E-state index contributed by atoms with van der Waals surface area (Å²) in [6, 6.07) is 7.18. The summed E-state index contributed by atoms with van der Waals surface area (Å²) in [4.78, 5) is 12.0. The van der Waals surface area contributed by atoms with E-state index in [0.717, 1.165) is 16.3 Å². The topological polar surface area (TPSA) is 76.1 Å². The molecule has 1 aromatic carbocycles. The van der Waals surface area contributed by atoms with Gasteiger partial charge >= 0.3 is 6.03 Å². The van der Waals surface area contributed by atoms with Gasteiger partial charge in [-0.3, -0.25) is 5.32 Å². The molecule has 0 radical (unpaired) electrons. The number of aromatic nitrogens is 2. The molecule has 0 aliphatic heterocycles. The molecule has 1 aromatic heterocycles. The average molecular weight is 320 g/mol. The summed E-state index contributed by atoms with van der Waals surface area (Å²) < 4.78 is 5.78. The summed E-state index contributed by atoms with van der Waals surface area (Å²) in [6.07, 6.45) is 0.0755. The predicted molar refractivity (Wildman–Crippen MR) is 87.4 cm³/mol. The van der Waals surface area contributed by atoms with Crippen LogP contribution in [0.2, 0.25) is 0 Å². The highest BCUT2D eigenvalue weighted by Gasteiger charge is 2.15. The lowest BCUT2D eigenvalue weighted by Crippen LogP contribution is -2.31. The Kier molecular flexibility index (Phi) is 5.32. The Morgan fingerprint density at radius 1 is 1.23 bits per heavy atom. The van der Waals surface area contributed by atoms with Crippen LogP contribution in [0.15, 0.2) is 24.3 Å². The minimum absolute atomic E-state index is 0.0755. The lowest BCUT2D eigenvalue weighted by atomic mass is 10.1. The summed E-state index contributed by atoms with van der Waals surface area (Å²) in [7, 11) is 0. The van der Waals surface area contributed by atoms with Crippen molar-refractivity contribution in [2.24, 2.45) is 0 Å². The Bertz CT molecular complexity index is 642. The zero-order chi connectivity index (χ0) is 16.1. The molecule has 7 heteroatoms. The van der Waals surface area contributed by atoms with Crippen molar-refractivity contribution in [2.75, 3.05) is 5.32 Å². The number of nitrogens with one attached hydrogen (secondary N) is 2. The van der Waals surface area contributed by atoms with E-state index in [1.807, 2.05) is 52.0 Å². The monoisotopic (exact) mass is 320 g/mol. The molecule has 2 amide bonds. The predicted octanol–water partition coefficient (Wildman–Crippen LogP) is 3.52. The van der Waals surface area contributed by atoms with Gasteiger partial charge in [0.2, 0.25) is 5.13 Å². The number of hydrogen-bond donors (Lipinski definition) is 2. The van der Waals surface area contributed by atoms with Crippen LogP contribution < -0.4 is 15.4 Å². The standard InChI is InChI=1S/C15H20N4O2S/c1-9(2)21-13-8-6-5-7-12(13)10(3)16-14(20)17-15-19-18-11(4)22-15/h5-10H,1-4H3,(H2,16,17,19,20)/t10-/m0/s1. The van der Waals surface area contributed by atoms with Gasteiger partial charge in [-0.1, -0.05) is 29.5 Å². The van der Waals surface area contributed by atoms with E-state index in [1.54, 1.807) is 0 Å². The molecular weight excluding hydrogens is 300 g/mol. The van der Waals surface area contributed by atoms with Gasteiger partial charge in [0, 0.05) is 5.56 Å². The number of para-hydroxylation sites is 1. The smallest absolute Gasteiger partial charge is 0.321 e. The Balaban J connectivity index is 2.02. The maximum atomic E-state index is 12.0. The van der Waals surface area contributed by atoms with Gasteiger partial charge in [0.15, 0.2) is 0 Å². The Morgan fingerprint density at radius 3 is 2.59 bits per heavy atom. The number of amides is 2. The summed E-state index contributed by atoms with van der Waals surface area (Å²) >= 11 is 1.33. The minimum atomic E-state index is -0.317. The van der Waals surface area contributed by atoms with Crippen LogP contribution in [0.5, 0.6) is 5.75 Å². The molecule has 0 spiro atoms. The van der Waals surface area contributed by atoms with E-state index >= 15 is 0 Å². The highest BCUT2D eigenvalue weighted by Crippen LogP contribution is 2.25. The molecule has 0 aliphatic carbocycles. The second-order valence-electron chi connectivity index (χ2n) is 5.15. The Hall–Kier alpha value is -2.15. The van der Waals surface area contributed by atoms with E-state index < -0.39 is 0 Å². The first-order valence-electron chi connectivity index (χ1n) is 7.09. The fraction of sp³-hybridized carbons (Fsp3) is 0.400. The molecule has 2 aromatic rings. The number of ether oxygens (including phenoxy) is 1. The molecule has 118 valence electrons. The van der Waals surface area contributed by atoms with Crippen LogP contribution in [0, 0.1) is 6.92 Å². The number of aryl methyl sites for hydroxylation is 1. The fourth-order valence-electron chi connectivity index (χ4n) is 1.95.